The van der Waals surface area contributed by atoms with Crippen LogP contribution in [-0.2, 0) is 0 Å². The Labute approximate surface area is 77.0 Å². The van der Waals surface area contributed by atoms with Crippen molar-refractivity contribution in [3.05, 3.63) is 11.9 Å². The Kier molecular flexibility index (Phi) is 3.02. The van der Waals surface area contributed by atoms with E-state index < -0.39 is 0 Å². The number of aliphatic hydroxyl groups excluding tert-OH is 1. The van der Waals surface area contributed by atoms with Crippen LogP contribution in [0.1, 0.15) is 12.7 Å². The number of rotatable bonds is 3. The summed E-state index contributed by atoms with van der Waals surface area (Å²) in [5.74, 6) is 1.69. The van der Waals surface area contributed by atoms with Crippen molar-refractivity contribution in [2.75, 3.05) is 17.7 Å². The Bertz CT molecular complexity index is 269. The molecule has 1 unspecified atom stereocenters. The van der Waals surface area contributed by atoms with Crippen molar-refractivity contribution in [3.63, 3.8) is 0 Å². The van der Waals surface area contributed by atoms with Gasteiger partial charge in [-0.2, -0.15) is 0 Å². The molecule has 0 amide bonds. The number of nitrogens with two attached hydrogens (primary N) is 1. The van der Waals surface area contributed by atoms with Crippen LogP contribution in [0.4, 0.5) is 11.6 Å². The van der Waals surface area contributed by atoms with Crippen LogP contribution in [0.15, 0.2) is 6.07 Å². The van der Waals surface area contributed by atoms with Crippen LogP contribution in [0, 0.1) is 6.92 Å². The van der Waals surface area contributed by atoms with E-state index in [1.165, 1.54) is 0 Å². The molecule has 0 aliphatic heterocycles. The molecule has 0 radical (unpaired) electrons. The SMILES string of the molecule is Cc1nc(N)cc(NC(C)CO)n1. The van der Waals surface area contributed by atoms with Gasteiger partial charge >= 0.3 is 0 Å². The molecule has 4 N–H and O–H groups in total. The number of aliphatic hydroxyl groups is 1. The van der Waals surface area contributed by atoms with Gasteiger partial charge in [-0.1, -0.05) is 0 Å². The van der Waals surface area contributed by atoms with Crippen molar-refractivity contribution in [2.45, 2.75) is 19.9 Å². The molecule has 0 fully saturated rings. The maximum absolute atomic E-state index is 8.80. The lowest BCUT2D eigenvalue weighted by molar-refractivity contribution is 0.281. The largest absolute Gasteiger partial charge is 0.394 e. The van der Waals surface area contributed by atoms with E-state index in [4.69, 9.17) is 10.8 Å². The van der Waals surface area contributed by atoms with Gasteiger partial charge in [0.05, 0.1) is 6.61 Å². The first-order valence-corrected chi connectivity index (χ1v) is 4.10. The third kappa shape index (κ3) is 2.87. The number of aromatic nitrogens is 2. The van der Waals surface area contributed by atoms with Crippen LogP contribution in [0.3, 0.4) is 0 Å². The Morgan fingerprint density at radius 2 is 2.31 bits per heavy atom. The first-order chi connectivity index (χ1) is 6.11. The lowest BCUT2D eigenvalue weighted by Gasteiger charge is -2.11. The minimum absolute atomic E-state index is 0.0336. The Balaban J connectivity index is 2.77. The van der Waals surface area contributed by atoms with Gasteiger partial charge in [0.2, 0.25) is 0 Å². The molecule has 1 aromatic rings. The quantitative estimate of drug-likeness (QED) is 0.620. The van der Waals surface area contributed by atoms with E-state index in [-0.39, 0.29) is 12.6 Å². The van der Waals surface area contributed by atoms with E-state index in [9.17, 15) is 0 Å². The zero-order valence-electron chi connectivity index (χ0n) is 7.78. The molecule has 1 rings (SSSR count). The van der Waals surface area contributed by atoms with E-state index in [1.54, 1.807) is 13.0 Å². The predicted octanol–water partition coefficient (Wildman–Crippen LogP) is 0.160. The lowest BCUT2D eigenvalue weighted by atomic mass is 10.3. The minimum atomic E-state index is -0.0336. The van der Waals surface area contributed by atoms with Gasteiger partial charge in [-0.3, -0.25) is 0 Å². The normalized spacial score (nSPS) is 12.5. The molecule has 5 heteroatoms. The van der Waals surface area contributed by atoms with Crippen LogP contribution in [0.2, 0.25) is 0 Å². The molecule has 0 saturated heterocycles. The van der Waals surface area contributed by atoms with Crippen molar-refractivity contribution in [3.8, 4) is 0 Å². The molecule has 1 heterocycles. The Morgan fingerprint density at radius 1 is 1.62 bits per heavy atom. The molecule has 5 nitrogen and oxygen atoms in total. The first kappa shape index (κ1) is 9.73. The average molecular weight is 182 g/mol. The first-order valence-electron chi connectivity index (χ1n) is 4.10. The summed E-state index contributed by atoms with van der Waals surface area (Å²) in [5, 5.41) is 11.8. The van der Waals surface area contributed by atoms with Crippen molar-refractivity contribution < 1.29 is 5.11 Å². The summed E-state index contributed by atoms with van der Waals surface area (Å²) in [6.45, 7) is 3.68. The molecule has 0 aliphatic carbocycles. The topological polar surface area (TPSA) is 84.1 Å². The molecule has 0 bridgehead atoms. The van der Waals surface area contributed by atoms with Crippen LogP contribution in [0.5, 0.6) is 0 Å². The van der Waals surface area contributed by atoms with Gasteiger partial charge in [0.25, 0.3) is 0 Å². The fourth-order valence-corrected chi connectivity index (χ4v) is 0.963. The highest BCUT2D eigenvalue weighted by Crippen LogP contribution is 2.08. The summed E-state index contributed by atoms with van der Waals surface area (Å²) >= 11 is 0. The zero-order valence-corrected chi connectivity index (χ0v) is 7.78. The maximum Gasteiger partial charge on any atom is 0.132 e. The number of hydrogen-bond acceptors (Lipinski definition) is 5. The van der Waals surface area contributed by atoms with E-state index in [2.05, 4.69) is 15.3 Å². The van der Waals surface area contributed by atoms with Gasteiger partial charge in [-0.25, -0.2) is 9.97 Å². The van der Waals surface area contributed by atoms with Crippen LogP contribution >= 0.6 is 0 Å². The molecule has 0 spiro atoms. The van der Waals surface area contributed by atoms with E-state index in [0.29, 0.717) is 17.5 Å². The standard InChI is InChI=1S/C8H14N4O/c1-5(4-13)10-8-3-7(9)11-6(2)12-8/h3,5,13H,4H2,1-2H3,(H3,9,10,11,12). The number of anilines is 2. The van der Waals surface area contributed by atoms with Crippen LogP contribution in [0.25, 0.3) is 0 Å². The molecule has 1 atom stereocenters. The number of nitrogens with zero attached hydrogens (tertiary/aromatic N) is 2. The molecule has 0 aliphatic rings. The zero-order chi connectivity index (χ0) is 9.84. The third-order valence-electron chi connectivity index (χ3n) is 1.53. The van der Waals surface area contributed by atoms with Crippen LogP contribution in [-0.4, -0.2) is 27.7 Å². The number of hydrogen-bond donors (Lipinski definition) is 3. The van der Waals surface area contributed by atoms with Gasteiger partial charge < -0.3 is 16.2 Å². The second-order valence-corrected chi connectivity index (χ2v) is 2.95. The van der Waals surface area contributed by atoms with Gasteiger partial charge in [0, 0.05) is 12.1 Å². The highest BCUT2D eigenvalue weighted by molar-refractivity contribution is 5.44. The fourth-order valence-electron chi connectivity index (χ4n) is 0.963. The summed E-state index contributed by atoms with van der Waals surface area (Å²) in [5.41, 5.74) is 5.52. The fraction of sp³-hybridized carbons (Fsp3) is 0.500. The predicted molar refractivity (Wildman–Crippen MR) is 51.4 cm³/mol. The number of nitrogen functional groups attached to an aromatic ring is 1. The molecule has 72 valence electrons. The second-order valence-electron chi connectivity index (χ2n) is 2.95. The molecular weight excluding hydrogens is 168 g/mol. The second kappa shape index (κ2) is 4.04. The van der Waals surface area contributed by atoms with Gasteiger partial charge in [0.1, 0.15) is 17.5 Å². The molecular formula is C8H14N4O. The van der Waals surface area contributed by atoms with Crippen LogP contribution < -0.4 is 11.1 Å². The highest BCUT2D eigenvalue weighted by atomic mass is 16.3. The van der Waals surface area contributed by atoms with E-state index >= 15 is 0 Å². The van der Waals surface area contributed by atoms with Crippen molar-refractivity contribution in [2.24, 2.45) is 0 Å². The van der Waals surface area contributed by atoms with E-state index in [0.717, 1.165) is 0 Å². The third-order valence-corrected chi connectivity index (χ3v) is 1.53. The smallest absolute Gasteiger partial charge is 0.132 e. The number of nitrogens with one attached hydrogen (secondary N) is 1. The summed E-state index contributed by atoms with van der Waals surface area (Å²) < 4.78 is 0. The molecule has 1 aromatic heterocycles. The molecule has 0 saturated carbocycles. The van der Waals surface area contributed by atoms with Gasteiger partial charge in [0.15, 0.2) is 0 Å². The maximum atomic E-state index is 8.80. The van der Waals surface area contributed by atoms with Gasteiger partial charge in [-0.15, -0.1) is 0 Å². The Morgan fingerprint density at radius 3 is 2.85 bits per heavy atom. The summed E-state index contributed by atoms with van der Waals surface area (Å²) in [7, 11) is 0. The lowest BCUT2D eigenvalue weighted by Crippen LogP contribution is -2.20. The number of aryl methyl sites for hydroxylation is 1. The van der Waals surface area contributed by atoms with Crippen molar-refractivity contribution >= 4 is 11.6 Å². The van der Waals surface area contributed by atoms with E-state index in [1.807, 2.05) is 6.92 Å². The Hall–Kier alpha value is -1.36. The molecule has 0 aromatic carbocycles. The average Bonchev–Trinajstić information content (AvgIpc) is 2.02. The highest BCUT2D eigenvalue weighted by Gasteiger charge is 2.02. The molecule has 13 heavy (non-hydrogen) atoms. The summed E-state index contributed by atoms with van der Waals surface area (Å²) in [6.07, 6.45) is 0. The summed E-state index contributed by atoms with van der Waals surface area (Å²) in [4.78, 5) is 8.04. The summed E-state index contributed by atoms with van der Waals surface area (Å²) in [6, 6.07) is 1.60. The van der Waals surface area contributed by atoms with Crippen molar-refractivity contribution in [1.29, 1.82) is 0 Å². The minimum Gasteiger partial charge on any atom is -0.394 e. The van der Waals surface area contributed by atoms with Crippen molar-refractivity contribution in [1.82, 2.24) is 9.97 Å². The monoisotopic (exact) mass is 182 g/mol. The van der Waals surface area contributed by atoms with Gasteiger partial charge in [-0.05, 0) is 13.8 Å².